The Kier molecular flexibility index (Phi) is 2.89. The molecule has 15 heavy (non-hydrogen) atoms. The normalized spacial score (nSPS) is 16.6. The molecule has 1 aromatic rings. The number of nitrogens with zero attached hydrogens (tertiary/aromatic N) is 2. The van der Waals surface area contributed by atoms with Gasteiger partial charge in [0.05, 0.1) is 12.7 Å². The van der Waals surface area contributed by atoms with Crippen molar-refractivity contribution in [2.24, 2.45) is 0 Å². The van der Waals surface area contributed by atoms with E-state index in [9.17, 15) is 4.79 Å². The maximum absolute atomic E-state index is 11.4. The summed E-state index contributed by atoms with van der Waals surface area (Å²) in [5, 5.41) is 2.79. The van der Waals surface area contributed by atoms with Crippen molar-refractivity contribution in [3.05, 3.63) is 17.8 Å². The van der Waals surface area contributed by atoms with Gasteiger partial charge in [0.1, 0.15) is 5.76 Å². The number of hydrogen-bond acceptors (Lipinski definition) is 3. The van der Waals surface area contributed by atoms with Gasteiger partial charge in [-0.15, -0.1) is 0 Å². The average molecular weight is 209 g/mol. The van der Waals surface area contributed by atoms with Gasteiger partial charge >= 0.3 is 6.03 Å². The lowest BCUT2D eigenvalue weighted by molar-refractivity contribution is 0.176. The zero-order valence-electron chi connectivity index (χ0n) is 8.82. The Morgan fingerprint density at radius 3 is 3.20 bits per heavy atom. The second-order valence-electron chi connectivity index (χ2n) is 3.58. The molecule has 0 atom stereocenters. The molecule has 1 fully saturated rings. The quantitative estimate of drug-likeness (QED) is 0.812. The van der Waals surface area contributed by atoms with Gasteiger partial charge in [-0.2, -0.15) is 0 Å². The minimum atomic E-state index is -0.0301. The van der Waals surface area contributed by atoms with E-state index in [1.54, 1.807) is 11.1 Å². The molecule has 1 saturated heterocycles. The summed E-state index contributed by atoms with van der Waals surface area (Å²) in [7, 11) is 0. The molecular formula is C10H15N3O2. The second-order valence-corrected chi connectivity index (χ2v) is 3.58. The van der Waals surface area contributed by atoms with Crippen LogP contribution in [0.1, 0.15) is 25.0 Å². The van der Waals surface area contributed by atoms with Crippen molar-refractivity contribution in [2.75, 3.05) is 13.1 Å². The maximum Gasteiger partial charge on any atom is 0.317 e. The Labute approximate surface area is 88.5 Å². The van der Waals surface area contributed by atoms with Gasteiger partial charge in [0.2, 0.25) is 5.89 Å². The van der Waals surface area contributed by atoms with Crippen molar-refractivity contribution in [3.8, 4) is 0 Å². The zero-order chi connectivity index (χ0) is 10.7. The highest BCUT2D eigenvalue weighted by atomic mass is 16.4. The Bertz CT molecular complexity index is 348. The lowest BCUT2D eigenvalue weighted by Crippen LogP contribution is -2.45. The van der Waals surface area contributed by atoms with Gasteiger partial charge < -0.3 is 14.6 Å². The third kappa shape index (κ3) is 2.29. The molecule has 2 rings (SSSR count). The Morgan fingerprint density at radius 1 is 1.67 bits per heavy atom. The molecule has 2 amide bonds. The van der Waals surface area contributed by atoms with E-state index in [-0.39, 0.29) is 6.03 Å². The van der Waals surface area contributed by atoms with E-state index in [0.717, 1.165) is 31.7 Å². The molecular weight excluding hydrogens is 194 g/mol. The van der Waals surface area contributed by atoms with Crippen molar-refractivity contribution >= 4 is 6.03 Å². The number of carbonyl (C=O) groups excluding carboxylic acids is 1. The molecule has 0 aliphatic carbocycles. The van der Waals surface area contributed by atoms with Crippen LogP contribution in [0.15, 0.2) is 10.6 Å². The standard InChI is InChI=1S/C10H15N3O2/c1-2-8-6-12-9(15-8)7-13-5-3-4-11-10(13)14/h6H,2-5,7H2,1H3,(H,11,14). The van der Waals surface area contributed by atoms with Crippen LogP contribution in [0.25, 0.3) is 0 Å². The first-order chi connectivity index (χ1) is 7.29. The average Bonchev–Trinajstić information content (AvgIpc) is 2.69. The van der Waals surface area contributed by atoms with Gasteiger partial charge in [-0.25, -0.2) is 9.78 Å². The number of urea groups is 1. The molecule has 0 bridgehead atoms. The number of oxazole rings is 1. The monoisotopic (exact) mass is 209 g/mol. The summed E-state index contributed by atoms with van der Waals surface area (Å²) in [4.78, 5) is 17.3. The molecule has 0 unspecified atom stereocenters. The molecule has 0 saturated carbocycles. The van der Waals surface area contributed by atoms with Gasteiger partial charge in [0, 0.05) is 19.5 Å². The predicted octanol–water partition coefficient (Wildman–Crippen LogP) is 1.15. The van der Waals surface area contributed by atoms with E-state index >= 15 is 0 Å². The Balaban J connectivity index is 1.98. The van der Waals surface area contributed by atoms with E-state index in [1.807, 2.05) is 6.92 Å². The molecule has 82 valence electrons. The fourth-order valence-electron chi connectivity index (χ4n) is 1.58. The number of aromatic nitrogens is 1. The topological polar surface area (TPSA) is 58.4 Å². The highest BCUT2D eigenvalue weighted by Crippen LogP contribution is 2.09. The zero-order valence-corrected chi connectivity index (χ0v) is 8.82. The predicted molar refractivity (Wildman–Crippen MR) is 54.3 cm³/mol. The summed E-state index contributed by atoms with van der Waals surface area (Å²) in [6.07, 6.45) is 3.53. The summed E-state index contributed by atoms with van der Waals surface area (Å²) >= 11 is 0. The molecule has 1 N–H and O–H groups in total. The van der Waals surface area contributed by atoms with E-state index < -0.39 is 0 Å². The summed E-state index contributed by atoms with van der Waals surface area (Å²) in [5.74, 6) is 1.48. The first-order valence-corrected chi connectivity index (χ1v) is 5.26. The number of aryl methyl sites for hydroxylation is 1. The van der Waals surface area contributed by atoms with E-state index in [4.69, 9.17) is 4.42 Å². The minimum Gasteiger partial charge on any atom is -0.444 e. The first kappa shape index (κ1) is 10.0. The highest BCUT2D eigenvalue weighted by molar-refractivity contribution is 5.74. The number of amides is 2. The third-order valence-corrected chi connectivity index (χ3v) is 2.44. The Hall–Kier alpha value is -1.52. The lowest BCUT2D eigenvalue weighted by atomic mass is 10.3. The van der Waals surface area contributed by atoms with Crippen LogP contribution in [0.2, 0.25) is 0 Å². The van der Waals surface area contributed by atoms with Crippen molar-refractivity contribution in [1.82, 2.24) is 15.2 Å². The van der Waals surface area contributed by atoms with Gasteiger partial charge in [0.25, 0.3) is 0 Å². The molecule has 5 nitrogen and oxygen atoms in total. The van der Waals surface area contributed by atoms with Gasteiger partial charge in [0.15, 0.2) is 0 Å². The van der Waals surface area contributed by atoms with Gasteiger partial charge in [-0.3, -0.25) is 0 Å². The fraction of sp³-hybridized carbons (Fsp3) is 0.600. The third-order valence-electron chi connectivity index (χ3n) is 2.44. The molecule has 1 aliphatic heterocycles. The van der Waals surface area contributed by atoms with E-state index in [2.05, 4.69) is 10.3 Å². The smallest absolute Gasteiger partial charge is 0.317 e. The number of nitrogens with one attached hydrogen (secondary N) is 1. The summed E-state index contributed by atoms with van der Waals surface area (Å²) < 4.78 is 5.45. The van der Waals surface area contributed by atoms with Gasteiger partial charge in [-0.05, 0) is 6.42 Å². The lowest BCUT2D eigenvalue weighted by Gasteiger charge is -2.25. The van der Waals surface area contributed by atoms with Crippen molar-refractivity contribution in [3.63, 3.8) is 0 Å². The van der Waals surface area contributed by atoms with Crippen LogP contribution in [0.4, 0.5) is 4.79 Å². The van der Waals surface area contributed by atoms with Crippen LogP contribution in [0.5, 0.6) is 0 Å². The van der Waals surface area contributed by atoms with Crippen LogP contribution < -0.4 is 5.32 Å². The SMILES string of the molecule is CCc1cnc(CN2CCCNC2=O)o1. The second kappa shape index (κ2) is 4.33. The summed E-state index contributed by atoms with van der Waals surface area (Å²) in [6.45, 7) is 4.01. The molecule has 0 radical (unpaired) electrons. The Morgan fingerprint density at radius 2 is 2.53 bits per heavy atom. The summed E-state index contributed by atoms with van der Waals surface area (Å²) in [5.41, 5.74) is 0. The fourth-order valence-corrected chi connectivity index (χ4v) is 1.58. The molecule has 1 aliphatic rings. The van der Waals surface area contributed by atoms with Crippen molar-refractivity contribution < 1.29 is 9.21 Å². The van der Waals surface area contributed by atoms with Crippen molar-refractivity contribution in [2.45, 2.75) is 26.3 Å². The molecule has 0 spiro atoms. The van der Waals surface area contributed by atoms with Crippen LogP contribution in [0.3, 0.4) is 0 Å². The molecule has 1 aromatic heterocycles. The van der Waals surface area contributed by atoms with E-state index in [0.29, 0.717) is 12.4 Å². The minimum absolute atomic E-state index is 0.0301. The molecule has 0 aromatic carbocycles. The van der Waals surface area contributed by atoms with Crippen LogP contribution in [-0.4, -0.2) is 29.0 Å². The number of rotatable bonds is 3. The van der Waals surface area contributed by atoms with Crippen molar-refractivity contribution in [1.29, 1.82) is 0 Å². The van der Waals surface area contributed by atoms with Crippen LogP contribution in [0, 0.1) is 0 Å². The molecule has 2 heterocycles. The number of hydrogen-bond donors (Lipinski definition) is 1. The maximum atomic E-state index is 11.4. The largest absolute Gasteiger partial charge is 0.444 e. The number of carbonyl (C=O) groups is 1. The summed E-state index contributed by atoms with van der Waals surface area (Å²) in [6, 6.07) is -0.0301. The van der Waals surface area contributed by atoms with E-state index in [1.165, 1.54) is 0 Å². The van der Waals surface area contributed by atoms with Crippen LogP contribution >= 0.6 is 0 Å². The first-order valence-electron chi connectivity index (χ1n) is 5.26. The molecule has 5 heteroatoms. The van der Waals surface area contributed by atoms with Gasteiger partial charge in [-0.1, -0.05) is 6.92 Å². The highest BCUT2D eigenvalue weighted by Gasteiger charge is 2.19. The van der Waals surface area contributed by atoms with Crippen LogP contribution in [-0.2, 0) is 13.0 Å².